The van der Waals surface area contributed by atoms with Crippen LogP contribution in [0.25, 0.3) is 10.8 Å². The van der Waals surface area contributed by atoms with Gasteiger partial charge < -0.3 is 5.11 Å². The molecule has 1 aromatic heterocycles. The Morgan fingerprint density at radius 1 is 1.36 bits per heavy atom. The maximum Gasteiger partial charge on any atom is 0.124 e. The van der Waals surface area contributed by atoms with E-state index >= 15 is 0 Å². The van der Waals surface area contributed by atoms with Crippen molar-refractivity contribution >= 4 is 10.8 Å². The third-order valence-corrected chi connectivity index (χ3v) is 1.26. The molecule has 2 rings (SSSR count). The number of rotatable bonds is 0. The number of hydrogen-bond donors (Lipinski definition) is 1. The summed E-state index contributed by atoms with van der Waals surface area (Å²) in [6.45, 7) is 0. The Kier molecular flexibility index (Phi) is 0.504. The van der Waals surface area contributed by atoms with Crippen molar-refractivity contribution in [2.75, 3.05) is 0 Å². The highest BCUT2D eigenvalue weighted by Crippen LogP contribution is 2.21. The van der Waals surface area contributed by atoms with Gasteiger partial charge in [0.2, 0.25) is 0 Å². The molecule has 0 aliphatic carbocycles. The standard InChI is InChI=1S/C9H7NO/c11-9-3-1-2-7-4-5-10-6-8(7)9/h1-6,11H/i1D,2D,3D,4D,5D,6D. The Balaban J connectivity index is 3.17. The molecule has 2 heteroatoms. The first-order valence-electron chi connectivity index (χ1n) is 5.92. The Labute approximate surface area is 72.6 Å². The number of phenols is 1. The van der Waals surface area contributed by atoms with Crippen LogP contribution in [0.3, 0.4) is 0 Å². The fourth-order valence-corrected chi connectivity index (χ4v) is 0.767. The Morgan fingerprint density at radius 2 is 2.27 bits per heavy atom. The maximum absolute atomic E-state index is 9.66. The van der Waals surface area contributed by atoms with E-state index in [1.807, 2.05) is 0 Å². The topological polar surface area (TPSA) is 33.1 Å². The SMILES string of the molecule is [2H]c1nc([2H])c2c(O)c([2H])c([2H])c([2H])c2c1[2H]. The van der Waals surface area contributed by atoms with E-state index in [2.05, 4.69) is 4.98 Å². The largest absolute Gasteiger partial charge is 0.507 e. The van der Waals surface area contributed by atoms with Crippen molar-refractivity contribution in [2.24, 2.45) is 0 Å². The van der Waals surface area contributed by atoms with Crippen molar-refractivity contribution in [3.63, 3.8) is 0 Å². The van der Waals surface area contributed by atoms with Gasteiger partial charge in [0.25, 0.3) is 0 Å². The lowest BCUT2D eigenvalue weighted by Gasteiger charge is -1.97. The van der Waals surface area contributed by atoms with Crippen LogP contribution in [0.5, 0.6) is 5.75 Å². The van der Waals surface area contributed by atoms with E-state index in [-0.39, 0.29) is 10.8 Å². The first-order chi connectivity index (χ1) is 7.86. The highest BCUT2D eigenvalue weighted by molar-refractivity contribution is 5.86. The molecule has 0 bridgehead atoms. The van der Waals surface area contributed by atoms with Crippen LogP contribution in [-0.2, 0) is 0 Å². The molecule has 0 amide bonds. The lowest BCUT2D eigenvalue weighted by Crippen LogP contribution is -1.74. The quantitative estimate of drug-likeness (QED) is 0.624. The van der Waals surface area contributed by atoms with Crippen molar-refractivity contribution in [1.82, 2.24) is 4.98 Å². The molecule has 2 aromatic rings. The van der Waals surface area contributed by atoms with Crippen LogP contribution < -0.4 is 0 Å². The van der Waals surface area contributed by atoms with E-state index in [4.69, 9.17) is 8.22 Å². The fourth-order valence-electron chi connectivity index (χ4n) is 0.767. The van der Waals surface area contributed by atoms with Crippen molar-refractivity contribution < 1.29 is 13.3 Å². The Morgan fingerprint density at radius 3 is 3.18 bits per heavy atom. The van der Waals surface area contributed by atoms with Crippen molar-refractivity contribution in [1.29, 1.82) is 0 Å². The van der Waals surface area contributed by atoms with Gasteiger partial charge in [0.05, 0.1) is 8.22 Å². The molecular formula is C9H7NO. The van der Waals surface area contributed by atoms with Crippen molar-refractivity contribution in [2.45, 2.75) is 0 Å². The summed E-state index contributed by atoms with van der Waals surface area (Å²) in [5.74, 6) is -0.646. The van der Waals surface area contributed by atoms with E-state index in [1.165, 1.54) is 0 Å². The Hall–Kier alpha value is -1.57. The molecule has 0 radical (unpaired) electrons. The lowest BCUT2D eigenvalue weighted by molar-refractivity contribution is 0.481. The van der Waals surface area contributed by atoms with Crippen LogP contribution in [0.2, 0.25) is 0 Å². The highest BCUT2D eigenvalue weighted by atomic mass is 16.3. The molecule has 54 valence electrons. The van der Waals surface area contributed by atoms with Crippen LogP contribution in [0.4, 0.5) is 0 Å². The maximum atomic E-state index is 9.66. The zero-order valence-electron chi connectivity index (χ0n) is 11.4. The average Bonchev–Trinajstić information content (AvgIpc) is 2.28. The number of hydrogen-bond acceptors (Lipinski definition) is 2. The minimum absolute atomic E-state index is 0.187. The molecule has 11 heavy (non-hydrogen) atoms. The van der Waals surface area contributed by atoms with Gasteiger partial charge in [-0.15, -0.1) is 0 Å². The van der Waals surface area contributed by atoms with Gasteiger partial charge in [0.15, 0.2) is 0 Å². The molecular weight excluding hydrogens is 138 g/mol. The van der Waals surface area contributed by atoms with Gasteiger partial charge in [-0.1, -0.05) is 12.1 Å². The smallest absolute Gasteiger partial charge is 0.124 e. The third kappa shape index (κ3) is 0.923. The number of benzene rings is 1. The molecule has 0 saturated heterocycles. The summed E-state index contributed by atoms with van der Waals surface area (Å²) in [5.41, 5.74) is 0. The number of pyridine rings is 1. The summed E-state index contributed by atoms with van der Waals surface area (Å²) < 4.78 is 44.9. The molecule has 1 heterocycles. The van der Waals surface area contributed by atoms with Gasteiger partial charge in [-0.05, 0) is 17.5 Å². The summed E-state index contributed by atoms with van der Waals surface area (Å²) in [4.78, 5) is 3.43. The van der Waals surface area contributed by atoms with Gasteiger partial charge in [0.1, 0.15) is 5.75 Å². The van der Waals surface area contributed by atoms with Crippen molar-refractivity contribution in [3.8, 4) is 5.75 Å². The minimum Gasteiger partial charge on any atom is -0.507 e. The summed E-state index contributed by atoms with van der Waals surface area (Å²) in [7, 11) is 0. The second-order valence-corrected chi connectivity index (χ2v) is 1.93. The molecule has 2 nitrogen and oxygen atoms in total. The molecule has 0 fully saturated rings. The summed E-state index contributed by atoms with van der Waals surface area (Å²) in [5, 5.41) is 9.25. The monoisotopic (exact) mass is 151 g/mol. The van der Waals surface area contributed by atoms with Crippen LogP contribution in [-0.4, -0.2) is 10.1 Å². The molecule has 0 saturated carbocycles. The van der Waals surface area contributed by atoms with Crippen LogP contribution in [0, 0.1) is 0 Å². The predicted molar refractivity (Wildman–Crippen MR) is 43.4 cm³/mol. The van der Waals surface area contributed by atoms with E-state index in [1.54, 1.807) is 0 Å². The van der Waals surface area contributed by atoms with Gasteiger partial charge in [-0.25, -0.2) is 0 Å². The Bertz CT molecular complexity index is 642. The first kappa shape index (κ1) is 2.48. The number of fused-ring (bicyclic) bond motifs is 1. The average molecular weight is 151 g/mol. The number of aromatic nitrogens is 1. The summed E-state index contributed by atoms with van der Waals surface area (Å²) in [6.07, 6.45) is -0.965. The van der Waals surface area contributed by atoms with Gasteiger partial charge in [-0.3, -0.25) is 4.98 Å². The molecule has 0 spiro atoms. The molecule has 0 aliphatic heterocycles. The number of aromatic hydroxyl groups is 1. The normalized spacial score (nSPS) is 17.8. The van der Waals surface area contributed by atoms with Crippen LogP contribution >= 0.6 is 0 Å². The lowest BCUT2D eigenvalue weighted by atomic mass is 10.2. The molecule has 1 aromatic carbocycles. The van der Waals surface area contributed by atoms with E-state index in [9.17, 15) is 5.11 Å². The van der Waals surface area contributed by atoms with E-state index in [0.717, 1.165) is 0 Å². The third-order valence-electron chi connectivity index (χ3n) is 1.26. The van der Waals surface area contributed by atoms with Gasteiger partial charge in [-0.2, -0.15) is 0 Å². The number of phenolic OH excluding ortho intramolecular Hbond substituents is 1. The fraction of sp³-hybridized carbons (Fsp3) is 0. The molecule has 0 atom stereocenters. The van der Waals surface area contributed by atoms with Crippen LogP contribution in [0.15, 0.2) is 36.5 Å². The predicted octanol–water partition coefficient (Wildman–Crippen LogP) is 1.94. The second kappa shape index (κ2) is 2.23. The molecule has 0 unspecified atom stereocenters. The minimum atomic E-state index is -0.646. The zero-order valence-corrected chi connectivity index (χ0v) is 5.39. The van der Waals surface area contributed by atoms with Gasteiger partial charge >= 0.3 is 0 Å². The first-order valence-corrected chi connectivity index (χ1v) is 2.92. The second-order valence-electron chi connectivity index (χ2n) is 1.93. The molecule has 0 aliphatic rings. The highest BCUT2D eigenvalue weighted by Gasteiger charge is 1.95. The number of nitrogens with zero attached hydrogens (tertiary/aromatic N) is 1. The van der Waals surface area contributed by atoms with Crippen molar-refractivity contribution in [3.05, 3.63) is 36.5 Å². The van der Waals surface area contributed by atoms with Gasteiger partial charge in [0, 0.05) is 17.7 Å². The summed E-state index contributed by atoms with van der Waals surface area (Å²) >= 11 is 0. The van der Waals surface area contributed by atoms with E-state index < -0.39 is 42.3 Å². The molecule has 1 N–H and O–H groups in total. The van der Waals surface area contributed by atoms with Crippen LogP contribution in [0.1, 0.15) is 8.22 Å². The zero-order chi connectivity index (χ0) is 12.9. The van der Waals surface area contributed by atoms with E-state index in [0.29, 0.717) is 0 Å². The summed E-state index contributed by atoms with van der Waals surface area (Å²) in [6, 6.07) is -1.98.